The first kappa shape index (κ1) is 14.4. The molecule has 106 valence electrons. The van der Waals surface area contributed by atoms with Crippen LogP contribution in [0, 0.1) is 0 Å². The second-order valence-corrected chi connectivity index (χ2v) is 5.01. The first-order valence-corrected chi connectivity index (χ1v) is 6.69. The van der Waals surface area contributed by atoms with Gasteiger partial charge in [-0.15, -0.1) is 0 Å². The molecule has 0 aliphatic heterocycles. The van der Waals surface area contributed by atoms with E-state index in [2.05, 4.69) is 16.7 Å². The molecule has 1 atom stereocenters. The fourth-order valence-electron chi connectivity index (χ4n) is 2.07. The predicted molar refractivity (Wildman–Crippen MR) is 77.3 cm³/mol. The number of hydrogen-bond acceptors (Lipinski definition) is 2. The Morgan fingerprint density at radius 3 is 2.75 bits per heavy atom. The van der Waals surface area contributed by atoms with Gasteiger partial charge in [0.2, 0.25) is 0 Å². The molecular weight excluding hydrogens is 280 g/mol. The molecule has 0 heterocycles. The van der Waals surface area contributed by atoms with Gasteiger partial charge in [0.05, 0.1) is 11.3 Å². The highest BCUT2D eigenvalue weighted by Crippen LogP contribution is 2.21. The number of nitrogens with one attached hydrogen (secondary N) is 2. The lowest BCUT2D eigenvalue weighted by atomic mass is 10.0. The minimum Gasteiger partial charge on any atom is -0.478 e. The van der Waals surface area contributed by atoms with E-state index in [0.29, 0.717) is 5.02 Å². The summed E-state index contributed by atoms with van der Waals surface area (Å²) in [4.78, 5) is 23.0. The molecule has 0 saturated carbocycles. The van der Waals surface area contributed by atoms with E-state index in [9.17, 15) is 9.59 Å². The molecule has 5 nitrogen and oxygen atoms in total. The average Bonchev–Trinajstić information content (AvgIpc) is 2.39. The van der Waals surface area contributed by atoms with E-state index in [4.69, 9.17) is 16.7 Å². The van der Waals surface area contributed by atoms with Crippen LogP contribution >= 0.6 is 11.6 Å². The van der Waals surface area contributed by atoms with Gasteiger partial charge in [0.25, 0.3) is 0 Å². The van der Waals surface area contributed by atoms with Crippen LogP contribution in [-0.2, 0) is 0 Å². The molecule has 0 fully saturated rings. The van der Waals surface area contributed by atoms with Gasteiger partial charge in [-0.05, 0) is 37.5 Å². The number of carbonyl (C=O) groups excluding carboxylic acids is 1. The fourth-order valence-corrected chi connectivity index (χ4v) is 2.25. The molecule has 20 heavy (non-hydrogen) atoms. The lowest BCUT2D eigenvalue weighted by Gasteiger charge is -2.20. The molecule has 0 aromatic heterocycles. The zero-order chi connectivity index (χ0) is 14.5. The third-order valence-electron chi connectivity index (χ3n) is 3.06. The summed E-state index contributed by atoms with van der Waals surface area (Å²) in [6, 6.07) is 3.91. The van der Waals surface area contributed by atoms with E-state index < -0.39 is 12.0 Å². The number of urea groups is 1. The van der Waals surface area contributed by atoms with Crippen molar-refractivity contribution in [1.82, 2.24) is 5.32 Å². The molecule has 0 spiro atoms. The maximum absolute atomic E-state index is 11.9. The Bertz CT molecular complexity index is 557. The highest BCUT2D eigenvalue weighted by Gasteiger charge is 2.16. The van der Waals surface area contributed by atoms with Gasteiger partial charge < -0.3 is 15.7 Å². The number of carbonyl (C=O) groups is 2. The Labute approximate surface area is 121 Å². The number of hydrogen-bond donors (Lipinski definition) is 3. The van der Waals surface area contributed by atoms with Crippen LogP contribution in [0.4, 0.5) is 10.5 Å². The molecule has 1 aromatic rings. The van der Waals surface area contributed by atoms with Crippen molar-refractivity contribution in [2.45, 2.75) is 25.3 Å². The van der Waals surface area contributed by atoms with Gasteiger partial charge in [0, 0.05) is 11.1 Å². The predicted octanol–water partition coefficient (Wildman–Crippen LogP) is 3.27. The van der Waals surface area contributed by atoms with Crippen LogP contribution < -0.4 is 10.6 Å². The van der Waals surface area contributed by atoms with Crippen molar-refractivity contribution >= 4 is 29.3 Å². The third-order valence-corrected chi connectivity index (χ3v) is 3.30. The Morgan fingerprint density at radius 2 is 2.10 bits per heavy atom. The maximum atomic E-state index is 11.9. The maximum Gasteiger partial charge on any atom is 0.337 e. The van der Waals surface area contributed by atoms with Gasteiger partial charge in [-0.2, -0.15) is 0 Å². The summed E-state index contributed by atoms with van der Waals surface area (Å²) in [6.07, 6.45) is 6.70. The van der Waals surface area contributed by atoms with E-state index in [-0.39, 0.29) is 17.3 Å². The van der Waals surface area contributed by atoms with Gasteiger partial charge in [-0.3, -0.25) is 0 Å². The molecule has 2 amide bonds. The van der Waals surface area contributed by atoms with E-state index in [0.717, 1.165) is 19.3 Å². The molecule has 1 aromatic carbocycles. The molecular formula is C14H15ClN2O3. The summed E-state index contributed by atoms with van der Waals surface area (Å²) in [7, 11) is 0. The minimum atomic E-state index is -1.11. The van der Waals surface area contributed by atoms with Crippen LogP contribution in [0.15, 0.2) is 30.4 Å². The third kappa shape index (κ3) is 3.74. The monoisotopic (exact) mass is 294 g/mol. The fraction of sp³-hybridized carbons (Fsp3) is 0.286. The molecule has 1 unspecified atom stereocenters. The summed E-state index contributed by atoms with van der Waals surface area (Å²) in [6.45, 7) is 0. The summed E-state index contributed by atoms with van der Waals surface area (Å²) in [5.74, 6) is -1.11. The average molecular weight is 295 g/mol. The smallest absolute Gasteiger partial charge is 0.337 e. The molecule has 0 radical (unpaired) electrons. The first-order valence-electron chi connectivity index (χ1n) is 6.31. The van der Waals surface area contributed by atoms with Crippen molar-refractivity contribution in [3.05, 3.63) is 40.9 Å². The molecule has 0 saturated heterocycles. The SMILES string of the molecule is O=C(Nc1cc(Cl)ccc1C(=O)O)NC1CC=CCC1. The van der Waals surface area contributed by atoms with Crippen molar-refractivity contribution in [1.29, 1.82) is 0 Å². The van der Waals surface area contributed by atoms with Gasteiger partial charge in [-0.25, -0.2) is 9.59 Å². The van der Waals surface area contributed by atoms with Crippen molar-refractivity contribution in [3.63, 3.8) is 0 Å². The minimum absolute atomic E-state index is 0.00749. The van der Waals surface area contributed by atoms with Crippen molar-refractivity contribution in [3.8, 4) is 0 Å². The number of aromatic carboxylic acids is 1. The molecule has 1 aliphatic carbocycles. The number of halogens is 1. The number of benzene rings is 1. The quantitative estimate of drug-likeness (QED) is 0.749. The van der Waals surface area contributed by atoms with E-state index in [1.807, 2.05) is 6.08 Å². The van der Waals surface area contributed by atoms with Crippen LogP contribution in [0.2, 0.25) is 5.02 Å². The standard InChI is InChI=1S/C14H15ClN2O3/c15-9-6-7-11(13(18)19)12(8-9)17-14(20)16-10-4-2-1-3-5-10/h1-2,6-8,10H,3-5H2,(H,18,19)(H2,16,17,20). The van der Waals surface area contributed by atoms with Crippen molar-refractivity contribution < 1.29 is 14.7 Å². The normalized spacial score (nSPS) is 17.6. The Hall–Kier alpha value is -2.01. The topological polar surface area (TPSA) is 78.4 Å². The largest absolute Gasteiger partial charge is 0.478 e. The first-order chi connectivity index (χ1) is 9.56. The molecule has 3 N–H and O–H groups in total. The zero-order valence-corrected chi connectivity index (χ0v) is 11.5. The van der Waals surface area contributed by atoms with Gasteiger partial charge in [-0.1, -0.05) is 23.8 Å². The van der Waals surface area contributed by atoms with E-state index in [1.54, 1.807) is 0 Å². The van der Waals surface area contributed by atoms with Crippen LogP contribution in [0.5, 0.6) is 0 Å². The van der Waals surface area contributed by atoms with Gasteiger partial charge in [0.1, 0.15) is 0 Å². The molecule has 2 rings (SSSR count). The summed E-state index contributed by atoms with van der Waals surface area (Å²) in [5, 5.41) is 14.8. The molecule has 6 heteroatoms. The summed E-state index contributed by atoms with van der Waals surface area (Å²) < 4.78 is 0. The van der Waals surface area contributed by atoms with Crippen molar-refractivity contribution in [2.75, 3.05) is 5.32 Å². The lowest BCUT2D eigenvalue weighted by Crippen LogP contribution is -2.38. The zero-order valence-electron chi connectivity index (χ0n) is 10.7. The van der Waals surface area contributed by atoms with Gasteiger partial charge >= 0.3 is 12.0 Å². The lowest BCUT2D eigenvalue weighted by molar-refractivity contribution is 0.0698. The number of rotatable bonds is 3. The number of allylic oxidation sites excluding steroid dienone is 1. The molecule has 1 aliphatic rings. The number of anilines is 1. The Morgan fingerprint density at radius 1 is 1.30 bits per heavy atom. The number of amides is 2. The highest BCUT2D eigenvalue weighted by molar-refractivity contribution is 6.31. The Kier molecular flexibility index (Phi) is 4.63. The van der Waals surface area contributed by atoms with Crippen LogP contribution in [0.3, 0.4) is 0 Å². The molecule has 0 bridgehead atoms. The van der Waals surface area contributed by atoms with Crippen LogP contribution in [0.25, 0.3) is 0 Å². The summed E-state index contributed by atoms with van der Waals surface area (Å²) in [5.41, 5.74) is 0.196. The second-order valence-electron chi connectivity index (χ2n) is 4.57. The van der Waals surface area contributed by atoms with Gasteiger partial charge in [0.15, 0.2) is 0 Å². The van der Waals surface area contributed by atoms with E-state index in [1.165, 1.54) is 18.2 Å². The number of carboxylic acid groups (broad SMARTS) is 1. The highest BCUT2D eigenvalue weighted by atomic mass is 35.5. The van der Waals surface area contributed by atoms with E-state index >= 15 is 0 Å². The number of carboxylic acids is 1. The Balaban J connectivity index is 2.05. The van der Waals surface area contributed by atoms with Crippen molar-refractivity contribution in [2.24, 2.45) is 0 Å². The summed E-state index contributed by atoms with van der Waals surface area (Å²) >= 11 is 5.82. The van der Waals surface area contributed by atoms with Crippen LogP contribution in [0.1, 0.15) is 29.6 Å². The second kappa shape index (κ2) is 6.43. The van der Waals surface area contributed by atoms with Crippen LogP contribution in [-0.4, -0.2) is 23.1 Å².